The topological polar surface area (TPSA) is 71.2 Å². The van der Waals surface area contributed by atoms with E-state index < -0.39 is 5.97 Å². The average Bonchev–Trinajstić information content (AvgIpc) is 3.05. The molecule has 1 aromatic heterocycles. The molecule has 1 N–H and O–H groups in total. The van der Waals surface area contributed by atoms with Crippen LogP contribution in [-0.4, -0.2) is 44.1 Å². The summed E-state index contributed by atoms with van der Waals surface area (Å²) in [4.78, 5) is 13.4. The third-order valence-electron chi connectivity index (χ3n) is 4.31. The molecule has 1 fully saturated rings. The Labute approximate surface area is 129 Å². The summed E-state index contributed by atoms with van der Waals surface area (Å²) in [6, 6.07) is 9.91. The molecule has 0 amide bonds. The van der Waals surface area contributed by atoms with Crippen molar-refractivity contribution >= 4 is 5.97 Å². The lowest BCUT2D eigenvalue weighted by Gasteiger charge is -2.34. The van der Waals surface area contributed by atoms with Gasteiger partial charge in [-0.05, 0) is 38.4 Å². The molecule has 0 bridgehead atoms. The molecular formula is C16H20N4O2. The summed E-state index contributed by atoms with van der Waals surface area (Å²) >= 11 is 0. The number of benzene rings is 1. The van der Waals surface area contributed by atoms with Gasteiger partial charge in [-0.15, -0.1) is 5.10 Å². The molecule has 6 nitrogen and oxygen atoms in total. The lowest BCUT2D eigenvalue weighted by atomic mass is 9.96. The van der Waals surface area contributed by atoms with Crippen LogP contribution in [0.25, 0.3) is 5.69 Å². The predicted molar refractivity (Wildman–Crippen MR) is 81.7 cm³/mol. The fourth-order valence-electron chi connectivity index (χ4n) is 2.92. The van der Waals surface area contributed by atoms with Gasteiger partial charge in [0, 0.05) is 6.54 Å². The summed E-state index contributed by atoms with van der Waals surface area (Å²) in [6.45, 7) is 3.54. The molecule has 3 rings (SSSR count). The van der Waals surface area contributed by atoms with Gasteiger partial charge in [0.05, 0.1) is 29.5 Å². The van der Waals surface area contributed by atoms with Crippen LogP contribution in [-0.2, 0) is 4.79 Å². The van der Waals surface area contributed by atoms with Crippen molar-refractivity contribution in [3.05, 3.63) is 42.2 Å². The number of hydrogen-bond acceptors (Lipinski definition) is 4. The highest BCUT2D eigenvalue weighted by Gasteiger charge is 2.29. The number of hydrogen-bond donors (Lipinski definition) is 1. The van der Waals surface area contributed by atoms with Crippen LogP contribution in [0.5, 0.6) is 0 Å². The van der Waals surface area contributed by atoms with Crippen molar-refractivity contribution in [3.63, 3.8) is 0 Å². The fourth-order valence-corrected chi connectivity index (χ4v) is 2.92. The molecule has 2 heterocycles. The number of aliphatic carboxylic acids is 1. The zero-order valence-corrected chi connectivity index (χ0v) is 12.6. The molecule has 0 saturated carbocycles. The number of piperidine rings is 1. The molecule has 1 saturated heterocycles. The second-order valence-corrected chi connectivity index (χ2v) is 5.77. The maximum absolute atomic E-state index is 11.2. The Morgan fingerprint density at radius 1 is 1.36 bits per heavy atom. The van der Waals surface area contributed by atoms with Gasteiger partial charge in [0.2, 0.25) is 0 Å². The van der Waals surface area contributed by atoms with Gasteiger partial charge < -0.3 is 5.11 Å². The Balaban J connectivity index is 1.74. The molecule has 0 spiro atoms. The van der Waals surface area contributed by atoms with Crippen LogP contribution in [0.3, 0.4) is 0 Å². The summed E-state index contributed by atoms with van der Waals surface area (Å²) in [5, 5.41) is 17.6. The number of carbonyl (C=O) groups is 1. The zero-order valence-electron chi connectivity index (χ0n) is 12.6. The molecule has 22 heavy (non-hydrogen) atoms. The molecule has 2 atom stereocenters. The van der Waals surface area contributed by atoms with Gasteiger partial charge in [-0.3, -0.25) is 9.69 Å². The maximum Gasteiger partial charge on any atom is 0.307 e. The number of carboxylic acids is 1. The standard InChI is InChI=1S/C16H20N4O2/c1-12(19-9-5-6-13(10-19)16(21)22)15-11-20(18-17-15)14-7-3-2-4-8-14/h2-4,7-8,11-13H,5-6,9-10H2,1H3,(H,21,22). The van der Waals surface area contributed by atoms with Crippen molar-refractivity contribution in [1.29, 1.82) is 0 Å². The van der Waals surface area contributed by atoms with E-state index in [1.165, 1.54) is 0 Å². The van der Waals surface area contributed by atoms with Crippen molar-refractivity contribution < 1.29 is 9.90 Å². The van der Waals surface area contributed by atoms with Crippen molar-refractivity contribution in [2.24, 2.45) is 5.92 Å². The first-order chi connectivity index (χ1) is 10.6. The average molecular weight is 300 g/mol. The smallest absolute Gasteiger partial charge is 0.307 e. The molecular weight excluding hydrogens is 280 g/mol. The summed E-state index contributed by atoms with van der Waals surface area (Å²) < 4.78 is 1.75. The van der Waals surface area contributed by atoms with E-state index >= 15 is 0 Å². The first kappa shape index (κ1) is 14.7. The van der Waals surface area contributed by atoms with E-state index in [-0.39, 0.29) is 12.0 Å². The van der Waals surface area contributed by atoms with Gasteiger partial charge in [0.1, 0.15) is 0 Å². The summed E-state index contributed by atoms with van der Waals surface area (Å²) in [5.41, 5.74) is 1.84. The van der Waals surface area contributed by atoms with Gasteiger partial charge >= 0.3 is 5.97 Å². The molecule has 2 unspecified atom stereocenters. The summed E-state index contributed by atoms with van der Waals surface area (Å²) in [6.07, 6.45) is 3.59. The molecule has 0 radical (unpaired) electrons. The quantitative estimate of drug-likeness (QED) is 0.936. The highest BCUT2D eigenvalue weighted by atomic mass is 16.4. The molecule has 0 aliphatic carbocycles. The van der Waals surface area contributed by atoms with Crippen LogP contribution < -0.4 is 0 Å². The van der Waals surface area contributed by atoms with E-state index in [1.54, 1.807) is 4.68 Å². The van der Waals surface area contributed by atoms with Gasteiger partial charge in [0.15, 0.2) is 0 Å². The second-order valence-electron chi connectivity index (χ2n) is 5.77. The number of rotatable bonds is 4. The largest absolute Gasteiger partial charge is 0.481 e. The lowest BCUT2D eigenvalue weighted by molar-refractivity contribution is -0.143. The number of aromatic nitrogens is 3. The van der Waals surface area contributed by atoms with E-state index in [1.807, 2.05) is 36.5 Å². The van der Waals surface area contributed by atoms with E-state index in [0.29, 0.717) is 6.54 Å². The zero-order chi connectivity index (χ0) is 15.5. The van der Waals surface area contributed by atoms with Gasteiger partial charge in [0.25, 0.3) is 0 Å². The van der Waals surface area contributed by atoms with Crippen LogP contribution in [0, 0.1) is 5.92 Å². The molecule has 1 aliphatic heterocycles. The van der Waals surface area contributed by atoms with Crippen LogP contribution in [0.15, 0.2) is 36.5 Å². The van der Waals surface area contributed by atoms with Crippen molar-refractivity contribution in [3.8, 4) is 5.69 Å². The fraction of sp³-hybridized carbons (Fsp3) is 0.438. The van der Waals surface area contributed by atoms with E-state index in [2.05, 4.69) is 22.1 Å². The summed E-state index contributed by atoms with van der Waals surface area (Å²) in [7, 11) is 0. The van der Waals surface area contributed by atoms with Crippen molar-refractivity contribution in [1.82, 2.24) is 19.9 Å². The number of para-hydroxylation sites is 1. The third-order valence-corrected chi connectivity index (χ3v) is 4.31. The van der Waals surface area contributed by atoms with Crippen LogP contribution in [0.1, 0.15) is 31.5 Å². The highest BCUT2D eigenvalue weighted by molar-refractivity contribution is 5.70. The maximum atomic E-state index is 11.2. The molecule has 2 aromatic rings. The number of carboxylic acid groups (broad SMARTS) is 1. The molecule has 116 valence electrons. The minimum absolute atomic E-state index is 0.0691. The van der Waals surface area contributed by atoms with E-state index in [4.69, 9.17) is 0 Å². The summed E-state index contributed by atoms with van der Waals surface area (Å²) in [5.74, 6) is -0.981. The van der Waals surface area contributed by atoms with Gasteiger partial charge in [-0.1, -0.05) is 23.4 Å². The van der Waals surface area contributed by atoms with E-state index in [9.17, 15) is 9.90 Å². The highest BCUT2D eigenvalue weighted by Crippen LogP contribution is 2.25. The SMILES string of the molecule is CC(c1cn(-c2ccccc2)nn1)N1CCCC(C(=O)O)C1. The monoisotopic (exact) mass is 300 g/mol. The van der Waals surface area contributed by atoms with Crippen molar-refractivity contribution in [2.75, 3.05) is 13.1 Å². The Hall–Kier alpha value is -2.21. The third kappa shape index (κ3) is 3.01. The minimum atomic E-state index is -0.704. The molecule has 1 aliphatic rings. The van der Waals surface area contributed by atoms with Gasteiger partial charge in [-0.25, -0.2) is 4.68 Å². The van der Waals surface area contributed by atoms with Gasteiger partial charge in [-0.2, -0.15) is 0 Å². The lowest BCUT2D eigenvalue weighted by Crippen LogP contribution is -2.40. The first-order valence-electron chi connectivity index (χ1n) is 7.59. The van der Waals surface area contributed by atoms with Crippen LogP contribution >= 0.6 is 0 Å². The van der Waals surface area contributed by atoms with Crippen LogP contribution in [0.4, 0.5) is 0 Å². The molecule has 1 aromatic carbocycles. The molecule has 6 heteroatoms. The second kappa shape index (κ2) is 6.27. The number of likely N-dealkylation sites (tertiary alicyclic amines) is 1. The van der Waals surface area contributed by atoms with Crippen LogP contribution in [0.2, 0.25) is 0 Å². The first-order valence-corrected chi connectivity index (χ1v) is 7.59. The normalized spacial score (nSPS) is 20.7. The Morgan fingerprint density at radius 3 is 2.86 bits per heavy atom. The predicted octanol–water partition coefficient (Wildman–Crippen LogP) is 2.12. The van der Waals surface area contributed by atoms with E-state index in [0.717, 1.165) is 30.8 Å². The Kier molecular flexibility index (Phi) is 4.20. The Morgan fingerprint density at radius 2 is 2.14 bits per heavy atom. The number of nitrogens with zero attached hydrogens (tertiary/aromatic N) is 4. The minimum Gasteiger partial charge on any atom is -0.481 e. The van der Waals surface area contributed by atoms with Crippen molar-refractivity contribution in [2.45, 2.75) is 25.8 Å². The Bertz CT molecular complexity index is 641.